The van der Waals surface area contributed by atoms with Gasteiger partial charge >= 0.3 is 6.03 Å². The Labute approximate surface area is 168 Å². The molecule has 0 radical (unpaired) electrons. The minimum Gasteiger partial charge on any atom is -0.318 e. The second kappa shape index (κ2) is 8.02. The lowest BCUT2D eigenvalue weighted by Crippen LogP contribution is -2.48. The van der Waals surface area contributed by atoms with Crippen molar-refractivity contribution in [2.24, 2.45) is 0 Å². The molecule has 3 rings (SSSR count). The van der Waals surface area contributed by atoms with Crippen molar-refractivity contribution in [2.45, 2.75) is 23.8 Å². The summed E-state index contributed by atoms with van der Waals surface area (Å²) in [5, 5.41) is 3.18. The second-order valence-electron chi connectivity index (χ2n) is 6.56. The Hall–Kier alpha value is -3.24. The molecule has 0 bridgehead atoms. The second-order valence-corrected chi connectivity index (χ2v) is 8.32. The first-order valence-corrected chi connectivity index (χ1v) is 10.3. The van der Waals surface area contributed by atoms with Gasteiger partial charge in [0, 0.05) is 13.0 Å². The summed E-state index contributed by atoms with van der Waals surface area (Å²) in [4.78, 5) is 37.1. The standard InChI is InChI=1S/C19H20N4O5S/c1-19(14-8-4-2-5-9-14)17(25)23(18(26)21-19)22-16(24)12-13-20-29(27,28)15-10-6-3-7-11-15/h2-11,20H,12-13H2,1H3,(H,21,26)(H,22,24). The molecule has 3 N–H and O–H groups in total. The third-order valence-electron chi connectivity index (χ3n) is 4.48. The van der Waals surface area contributed by atoms with E-state index in [1.807, 2.05) is 0 Å². The van der Waals surface area contributed by atoms with Crippen molar-refractivity contribution in [1.29, 1.82) is 0 Å². The van der Waals surface area contributed by atoms with Gasteiger partial charge in [-0.25, -0.2) is 17.9 Å². The zero-order valence-electron chi connectivity index (χ0n) is 15.6. The molecule has 1 aliphatic rings. The van der Waals surface area contributed by atoms with Crippen LogP contribution >= 0.6 is 0 Å². The van der Waals surface area contributed by atoms with Gasteiger partial charge in [-0.2, -0.15) is 5.01 Å². The third kappa shape index (κ3) is 4.28. The Morgan fingerprint density at radius 2 is 1.62 bits per heavy atom. The van der Waals surface area contributed by atoms with Gasteiger partial charge in [0.1, 0.15) is 5.54 Å². The van der Waals surface area contributed by atoms with Crippen molar-refractivity contribution in [2.75, 3.05) is 6.54 Å². The highest BCUT2D eigenvalue weighted by Gasteiger charge is 2.49. The first kappa shape index (κ1) is 20.5. The number of hydrogen-bond acceptors (Lipinski definition) is 5. The van der Waals surface area contributed by atoms with Crippen LogP contribution in [0.15, 0.2) is 65.6 Å². The minimum atomic E-state index is -3.75. The number of nitrogens with one attached hydrogen (secondary N) is 3. The van der Waals surface area contributed by atoms with Crippen LogP contribution in [0.1, 0.15) is 18.9 Å². The lowest BCUT2D eigenvalue weighted by molar-refractivity contribution is -0.138. The average Bonchev–Trinajstić information content (AvgIpc) is 2.93. The highest BCUT2D eigenvalue weighted by molar-refractivity contribution is 7.89. The predicted molar refractivity (Wildman–Crippen MR) is 104 cm³/mol. The van der Waals surface area contributed by atoms with Crippen molar-refractivity contribution >= 4 is 27.9 Å². The molecular weight excluding hydrogens is 396 g/mol. The molecule has 1 aliphatic heterocycles. The monoisotopic (exact) mass is 416 g/mol. The smallest absolute Gasteiger partial charge is 0.318 e. The van der Waals surface area contributed by atoms with Crippen LogP contribution in [0, 0.1) is 0 Å². The van der Waals surface area contributed by atoms with E-state index in [1.165, 1.54) is 12.1 Å². The van der Waals surface area contributed by atoms with Gasteiger partial charge in [0.15, 0.2) is 0 Å². The zero-order valence-corrected chi connectivity index (χ0v) is 16.4. The van der Waals surface area contributed by atoms with Crippen LogP contribution in [0.2, 0.25) is 0 Å². The van der Waals surface area contributed by atoms with Crippen molar-refractivity contribution in [1.82, 2.24) is 20.5 Å². The van der Waals surface area contributed by atoms with Crippen LogP contribution in [-0.2, 0) is 25.2 Å². The summed E-state index contributed by atoms with van der Waals surface area (Å²) in [6.07, 6.45) is -0.259. The fourth-order valence-electron chi connectivity index (χ4n) is 2.87. The number of benzene rings is 2. The van der Waals surface area contributed by atoms with E-state index < -0.39 is 33.4 Å². The lowest BCUT2D eigenvalue weighted by Gasteiger charge is -2.22. The molecule has 4 amide bonds. The van der Waals surface area contributed by atoms with Crippen LogP contribution in [0.25, 0.3) is 0 Å². The summed E-state index contributed by atoms with van der Waals surface area (Å²) < 4.78 is 26.6. The first-order chi connectivity index (χ1) is 13.7. The molecule has 0 aromatic heterocycles. The highest BCUT2D eigenvalue weighted by Crippen LogP contribution is 2.27. The van der Waals surface area contributed by atoms with E-state index >= 15 is 0 Å². The summed E-state index contributed by atoms with van der Waals surface area (Å²) in [7, 11) is -3.75. The predicted octanol–water partition coefficient (Wildman–Crippen LogP) is 0.853. The Kier molecular flexibility index (Phi) is 5.66. The fourth-order valence-corrected chi connectivity index (χ4v) is 3.92. The lowest BCUT2D eigenvalue weighted by atomic mass is 9.92. The van der Waals surface area contributed by atoms with Crippen LogP contribution in [-0.4, -0.2) is 37.8 Å². The summed E-state index contributed by atoms with van der Waals surface area (Å²) in [5.41, 5.74) is 1.50. The quantitative estimate of drug-likeness (QED) is 0.577. The van der Waals surface area contributed by atoms with Crippen molar-refractivity contribution < 1.29 is 22.8 Å². The number of amides is 4. The van der Waals surface area contributed by atoms with Crippen LogP contribution in [0.5, 0.6) is 0 Å². The summed E-state index contributed by atoms with van der Waals surface area (Å²) >= 11 is 0. The Bertz CT molecular complexity index is 1030. The van der Waals surface area contributed by atoms with Crippen LogP contribution in [0.3, 0.4) is 0 Å². The van der Waals surface area contributed by atoms with Crippen LogP contribution < -0.4 is 15.5 Å². The normalized spacial score (nSPS) is 19.1. The average molecular weight is 416 g/mol. The zero-order chi connectivity index (χ0) is 21.1. The maximum Gasteiger partial charge on any atom is 0.344 e. The van der Waals surface area contributed by atoms with Gasteiger partial charge in [0.25, 0.3) is 5.91 Å². The number of urea groups is 1. The molecule has 152 valence electrons. The maximum atomic E-state index is 12.7. The Morgan fingerprint density at radius 3 is 2.24 bits per heavy atom. The molecule has 2 aromatic rings. The molecule has 2 aromatic carbocycles. The highest BCUT2D eigenvalue weighted by atomic mass is 32.2. The first-order valence-electron chi connectivity index (χ1n) is 8.80. The van der Waals surface area contributed by atoms with E-state index in [0.29, 0.717) is 10.6 Å². The van der Waals surface area contributed by atoms with Gasteiger partial charge in [-0.1, -0.05) is 48.5 Å². The van der Waals surface area contributed by atoms with E-state index in [4.69, 9.17) is 0 Å². The molecule has 0 spiro atoms. The van der Waals surface area contributed by atoms with E-state index in [0.717, 1.165) is 0 Å². The molecular formula is C19H20N4O5S. The Morgan fingerprint density at radius 1 is 1.03 bits per heavy atom. The van der Waals surface area contributed by atoms with Crippen molar-refractivity contribution in [3.05, 3.63) is 66.2 Å². The topological polar surface area (TPSA) is 125 Å². The number of carbonyl (C=O) groups is 3. The number of carbonyl (C=O) groups excluding carboxylic acids is 3. The molecule has 10 heteroatoms. The van der Waals surface area contributed by atoms with Gasteiger partial charge in [0.05, 0.1) is 4.90 Å². The fraction of sp³-hybridized carbons (Fsp3) is 0.211. The maximum absolute atomic E-state index is 12.7. The van der Waals surface area contributed by atoms with Crippen LogP contribution in [0.4, 0.5) is 4.79 Å². The van der Waals surface area contributed by atoms with E-state index in [2.05, 4.69) is 15.5 Å². The van der Waals surface area contributed by atoms with E-state index in [-0.39, 0.29) is 17.9 Å². The minimum absolute atomic E-state index is 0.0770. The molecule has 1 atom stereocenters. The molecule has 29 heavy (non-hydrogen) atoms. The van der Waals surface area contributed by atoms with Gasteiger partial charge in [-0.05, 0) is 24.6 Å². The molecule has 0 aliphatic carbocycles. The summed E-state index contributed by atoms with van der Waals surface area (Å²) in [6, 6.07) is 15.6. The molecule has 0 saturated carbocycles. The Balaban J connectivity index is 1.58. The largest absolute Gasteiger partial charge is 0.344 e. The molecule has 9 nitrogen and oxygen atoms in total. The van der Waals surface area contributed by atoms with Crippen molar-refractivity contribution in [3.8, 4) is 0 Å². The third-order valence-corrected chi connectivity index (χ3v) is 5.95. The van der Waals surface area contributed by atoms with Gasteiger partial charge in [-0.15, -0.1) is 0 Å². The number of hydrogen-bond donors (Lipinski definition) is 3. The van der Waals surface area contributed by atoms with E-state index in [9.17, 15) is 22.8 Å². The number of nitrogens with zero attached hydrogens (tertiary/aromatic N) is 1. The SMILES string of the molecule is CC1(c2ccccc2)NC(=O)N(NC(=O)CCNS(=O)(=O)c2ccccc2)C1=O. The number of rotatable bonds is 7. The number of imide groups is 1. The van der Waals surface area contributed by atoms with Gasteiger partial charge in [-0.3, -0.25) is 15.0 Å². The molecule has 1 unspecified atom stereocenters. The number of hydrazine groups is 1. The summed E-state index contributed by atoms with van der Waals surface area (Å²) in [5.74, 6) is -1.31. The van der Waals surface area contributed by atoms with Crippen molar-refractivity contribution in [3.63, 3.8) is 0 Å². The molecule has 1 saturated heterocycles. The summed E-state index contributed by atoms with van der Waals surface area (Å²) in [6.45, 7) is 1.35. The van der Waals surface area contributed by atoms with E-state index in [1.54, 1.807) is 55.5 Å². The molecule has 1 fully saturated rings. The number of sulfonamides is 1. The van der Waals surface area contributed by atoms with Gasteiger partial charge < -0.3 is 5.32 Å². The van der Waals surface area contributed by atoms with Gasteiger partial charge in [0.2, 0.25) is 15.9 Å². The molecule has 1 heterocycles.